The molecule has 1 saturated heterocycles. The van der Waals surface area contributed by atoms with Gasteiger partial charge in [-0.3, -0.25) is 0 Å². The van der Waals surface area contributed by atoms with Gasteiger partial charge in [0.1, 0.15) is 6.04 Å². The number of hydrogen-bond acceptors (Lipinski definition) is 3. The van der Waals surface area contributed by atoms with E-state index in [0.29, 0.717) is 19.7 Å². The number of carboxylic acids is 1. The van der Waals surface area contributed by atoms with Gasteiger partial charge in [-0.25, -0.2) is 9.59 Å². The number of carbonyl (C=O) groups is 2. The summed E-state index contributed by atoms with van der Waals surface area (Å²) in [6.07, 6.45) is 1.78. The Morgan fingerprint density at radius 1 is 1.47 bits per heavy atom. The lowest BCUT2D eigenvalue weighted by atomic mass is 10.2. The van der Waals surface area contributed by atoms with Gasteiger partial charge in [0.15, 0.2) is 0 Å². The molecule has 2 unspecified atom stereocenters. The van der Waals surface area contributed by atoms with Crippen molar-refractivity contribution in [3.8, 4) is 0 Å². The first kappa shape index (κ1) is 12.2. The molecule has 2 rings (SSSR count). The Hall–Kier alpha value is -1.30. The largest absolute Gasteiger partial charge is 0.480 e. The Morgan fingerprint density at radius 2 is 2.18 bits per heavy atom. The first-order chi connectivity index (χ1) is 8.08. The molecule has 2 amide bonds. The second-order valence-corrected chi connectivity index (χ2v) is 4.73. The Bertz CT molecular complexity index is 317. The highest BCUT2D eigenvalue weighted by atomic mass is 16.5. The summed E-state index contributed by atoms with van der Waals surface area (Å²) in [6.45, 7) is 3.45. The number of aliphatic carboxylic acids is 1. The lowest BCUT2D eigenvalue weighted by Crippen LogP contribution is -2.53. The summed E-state index contributed by atoms with van der Waals surface area (Å²) in [6, 6.07) is -1.03. The van der Waals surface area contributed by atoms with Gasteiger partial charge < -0.3 is 20.1 Å². The molecule has 6 nitrogen and oxygen atoms in total. The molecular weight excluding hydrogens is 224 g/mol. The van der Waals surface area contributed by atoms with Crippen LogP contribution in [0.2, 0.25) is 0 Å². The van der Waals surface area contributed by atoms with Crippen LogP contribution >= 0.6 is 0 Å². The Kier molecular flexibility index (Phi) is 3.51. The number of nitrogens with zero attached hydrogens (tertiary/aromatic N) is 1. The first-order valence-corrected chi connectivity index (χ1v) is 5.98. The number of amides is 2. The third-order valence-electron chi connectivity index (χ3n) is 3.17. The maximum absolute atomic E-state index is 11.9. The molecule has 0 aromatic carbocycles. The van der Waals surface area contributed by atoms with Crippen LogP contribution < -0.4 is 5.32 Å². The lowest BCUT2D eigenvalue weighted by molar-refractivity contribution is -0.139. The van der Waals surface area contributed by atoms with E-state index in [1.54, 1.807) is 4.90 Å². The van der Waals surface area contributed by atoms with Crippen LogP contribution in [0.4, 0.5) is 4.79 Å². The van der Waals surface area contributed by atoms with Crippen LogP contribution in [-0.2, 0) is 9.53 Å². The van der Waals surface area contributed by atoms with Crippen LogP contribution in [0.15, 0.2) is 0 Å². The predicted molar refractivity (Wildman–Crippen MR) is 59.7 cm³/mol. The number of rotatable bonds is 3. The number of carbonyl (C=O) groups excluding carboxylic acids is 1. The van der Waals surface area contributed by atoms with Crippen molar-refractivity contribution in [2.24, 2.45) is 5.92 Å². The fraction of sp³-hybridized carbons (Fsp3) is 0.818. The molecule has 1 saturated carbocycles. The van der Waals surface area contributed by atoms with Crippen molar-refractivity contribution >= 4 is 12.0 Å². The molecule has 1 aliphatic carbocycles. The van der Waals surface area contributed by atoms with E-state index in [0.717, 1.165) is 12.8 Å². The summed E-state index contributed by atoms with van der Waals surface area (Å²) in [5.41, 5.74) is 0. The highest BCUT2D eigenvalue weighted by Gasteiger charge is 2.38. The van der Waals surface area contributed by atoms with Gasteiger partial charge >= 0.3 is 12.0 Å². The number of nitrogens with one attached hydrogen (secondary N) is 1. The molecule has 0 spiro atoms. The van der Waals surface area contributed by atoms with Crippen molar-refractivity contribution in [2.45, 2.75) is 31.9 Å². The average molecular weight is 242 g/mol. The minimum Gasteiger partial charge on any atom is -0.480 e. The maximum atomic E-state index is 11.9. The average Bonchev–Trinajstić information content (AvgIpc) is 3.09. The highest BCUT2D eigenvalue weighted by Crippen LogP contribution is 2.32. The van der Waals surface area contributed by atoms with Crippen LogP contribution in [0.25, 0.3) is 0 Å². The smallest absolute Gasteiger partial charge is 0.326 e. The van der Waals surface area contributed by atoms with Crippen LogP contribution in [0, 0.1) is 5.92 Å². The molecule has 0 aromatic heterocycles. The summed E-state index contributed by atoms with van der Waals surface area (Å²) in [5.74, 6) is -0.836. The van der Waals surface area contributed by atoms with E-state index in [1.165, 1.54) is 0 Å². The molecule has 0 bridgehead atoms. The van der Waals surface area contributed by atoms with Gasteiger partial charge in [0.05, 0.1) is 12.7 Å². The topological polar surface area (TPSA) is 78.9 Å². The molecule has 2 fully saturated rings. The minimum absolute atomic E-state index is 0.0127. The van der Waals surface area contributed by atoms with E-state index in [2.05, 4.69) is 5.32 Å². The summed E-state index contributed by atoms with van der Waals surface area (Å²) in [5, 5.41) is 11.6. The zero-order chi connectivity index (χ0) is 12.4. The van der Waals surface area contributed by atoms with Gasteiger partial charge in [-0.1, -0.05) is 0 Å². The lowest BCUT2D eigenvalue weighted by Gasteiger charge is -2.32. The summed E-state index contributed by atoms with van der Waals surface area (Å²) < 4.78 is 5.33. The molecule has 1 heterocycles. The SMILES string of the molecule is CC1CN(C(=O)NC(C(=O)O)C2CC2)CCO1. The monoisotopic (exact) mass is 242 g/mol. The molecule has 2 N–H and O–H groups in total. The predicted octanol–water partition coefficient (Wildman–Crippen LogP) is 0.280. The zero-order valence-electron chi connectivity index (χ0n) is 9.89. The number of carboxylic acid groups (broad SMARTS) is 1. The normalized spacial score (nSPS) is 26.4. The zero-order valence-corrected chi connectivity index (χ0v) is 9.89. The second kappa shape index (κ2) is 4.91. The Labute approximate surface area is 99.9 Å². The molecular formula is C11H18N2O4. The van der Waals surface area contributed by atoms with E-state index < -0.39 is 12.0 Å². The molecule has 0 radical (unpaired) electrons. The number of urea groups is 1. The van der Waals surface area contributed by atoms with Crippen molar-refractivity contribution in [1.82, 2.24) is 10.2 Å². The van der Waals surface area contributed by atoms with Crippen LogP contribution in [0.1, 0.15) is 19.8 Å². The third kappa shape index (κ3) is 3.09. The second-order valence-electron chi connectivity index (χ2n) is 4.73. The fourth-order valence-electron chi connectivity index (χ4n) is 2.04. The molecule has 17 heavy (non-hydrogen) atoms. The van der Waals surface area contributed by atoms with Crippen molar-refractivity contribution in [3.63, 3.8) is 0 Å². The van der Waals surface area contributed by atoms with Gasteiger partial charge in [-0.2, -0.15) is 0 Å². The van der Waals surface area contributed by atoms with Crippen molar-refractivity contribution in [3.05, 3.63) is 0 Å². The molecule has 2 atom stereocenters. The quantitative estimate of drug-likeness (QED) is 0.745. The minimum atomic E-state index is -0.942. The van der Waals surface area contributed by atoms with E-state index in [9.17, 15) is 9.59 Å². The van der Waals surface area contributed by atoms with Crippen molar-refractivity contribution in [2.75, 3.05) is 19.7 Å². The van der Waals surface area contributed by atoms with E-state index >= 15 is 0 Å². The summed E-state index contributed by atoms with van der Waals surface area (Å²) in [7, 11) is 0. The van der Waals surface area contributed by atoms with E-state index in [4.69, 9.17) is 9.84 Å². The highest BCUT2D eigenvalue weighted by molar-refractivity contribution is 5.83. The fourth-order valence-corrected chi connectivity index (χ4v) is 2.04. The van der Waals surface area contributed by atoms with E-state index in [-0.39, 0.29) is 18.1 Å². The Balaban J connectivity index is 1.88. The van der Waals surface area contributed by atoms with Crippen molar-refractivity contribution < 1.29 is 19.4 Å². The molecule has 96 valence electrons. The summed E-state index contributed by atoms with van der Waals surface area (Å²) >= 11 is 0. The van der Waals surface area contributed by atoms with Gasteiger partial charge in [-0.15, -0.1) is 0 Å². The Morgan fingerprint density at radius 3 is 2.71 bits per heavy atom. The van der Waals surface area contributed by atoms with Crippen LogP contribution in [0.3, 0.4) is 0 Å². The number of ether oxygens (including phenoxy) is 1. The van der Waals surface area contributed by atoms with Crippen LogP contribution in [0.5, 0.6) is 0 Å². The molecule has 1 aliphatic heterocycles. The molecule has 6 heteroatoms. The maximum Gasteiger partial charge on any atom is 0.326 e. The van der Waals surface area contributed by atoms with Gasteiger partial charge in [0.25, 0.3) is 0 Å². The third-order valence-corrected chi connectivity index (χ3v) is 3.17. The molecule has 2 aliphatic rings. The van der Waals surface area contributed by atoms with Gasteiger partial charge in [0, 0.05) is 13.1 Å². The van der Waals surface area contributed by atoms with Crippen LogP contribution in [-0.4, -0.2) is 53.8 Å². The van der Waals surface area contributed by atoms with E-state index in [1.807, 2.05) is 6.92 Å². The van der Waals surface area contributed by atoms with Gasteiger partial charge in [0.2, 0.25) is 0 Å². The number of hydrogen-bond donors (Lipinski definition) is 2. The standard InChI is InChI=1S/C11H18N2O4/c1-7-6-13(4-5-17-7)11(16)12-9(10(14)15)8-2-3-8/h7-9H,2-6H2,1H3,(H,12,16)(H,14,15). The number of morpholine rings is 1. The van der Waals surface area contributed by atoms with Crippen molar-refractivity contribution in [1.29, 1.82) is 0 Å². The first-order valence-electron chi connectivity index (χ1n) is 5.98. The van der Waals surface area contributed by atoms with Gasteiger partial charge in [-0.05, 0) is 25.7 Å². The summed E-state index contributed by atoms with van der Waals surface area (Å²) in [4.78, 5) is 24.5. The molecule has 0 aromatic rings.